The van der Waals surface area contributed by atoms with Gasteiger partial charge in [0.1, 0.15) is 0 Å². The Bertz CT molecular complexity index is 825. The van der Waals surface area contributed by atoms with Crippen LogP contribution in [0, 0.1) is 11.8 Å². The minimum atomic E-state index is -0.120. The molecule has 2 atom stereocenters. The van der Waals surface area contributed by atoms with E-state index in [4.69, 9.17) is 0 Å². The first-order valence-electron chi connectivity index (χ1n) is 10.1. The molecule has 0 radical (unpaired) electrons. The molecule has 5 nitrogen and oxygen atoms in total. The predicted octanol–water partition coefficient (Wildman–Crippen LogP) is 4.55. The van der Waals surface area contributed by atoms with Gasteiger partial charge in [-0.3, -0.25) is 9.59 Å². The smallest absolute Gasteiger partial charge is 0.236 e. The van der Waals surface area contributed by atoms with Gasteiger partial charge in [0.15, 0.2) is 5.13 Å². The Morgan fingerprint density at radius 1 is 1.17 bits per heavy atom. The average Bonchev–Trinajstić information content (AvgIpc) is 3.15. The normalized spacial score (nSPS) is 19.2. The number of carbonyl (C=O) groups is 2. The van der Waals surface area contributed by atoms with E-state index in [1.54, 1.807) is 0 Å². The van der Waals surface area contributed by atoms with Gasteiger partial charge in [-0.15, -0.1) is 23.1 Å². The minimum Gasteiger partial charge on any atom is -0.341 e. The van der Waals surface area contributed by atoms with Crippen molar-refractivity contribution in [3.63, 3.8) is 0 Å². The third kappa shape index (κ3) is 6.31. The lowest BCUT2D eigenvalue weighted by molar-refractivity contribution is -0.130. The van der Waals surface area contributed by atoms with Crippen LogP contribution in [0.15, 0.2) is 29.6 Å². The highest BCUT2D eigenvalue weighted by molar-refractivity contribution is 8.00. The molecule has 156 valence electrons. The largest absolute Gasteiger partial charge is 0.341 e. The Morgan fingerprint density at radius 3 is 2.52 bits per heavy atom. The van der Waals surface area contributed by atoms with E-state index >= 15 is 0 Å². The van der Waals surface area contributed by atoms with Gasteiger partial charge in [0, 0.05) is 24.0 Å². The van der Waals surface area contributed by atoms with Gasteiger partial charge < -0.3 is 10.2 Å². The molecule has 2 heterocycles. The van der Waals surface area contributed by atoms with Crippen LogP contribution in [0.1, 0.15) is 32.8 Å². The van der Waals surface area contributed by atoms with Crippen molar-refractivity contribution in [1.82, 2.24) is 9.88 Å². The Hall–Kier alpha value is -1.86. The molecule has 29 heavy (non-hydrogen) atoms. The molecule has 0 saturated carbocycles. The van der Waals surface area contributed by atoms with E-state index in [9.17, 15) is 9.59 Å². The number of hydrogen-bond donors (Lipinski definition) is 1. The number of amides is 2. The maximum absolute atomic E-state index is 12.4. The van der Waals surface area contributed by atoms with E-state index in [1.807, 2.05) is 10.3 Å². The zero-order chi connectivity index (χ0) is 20.8. The Morgan fingerprint density at radius 2 is 1.86 bits per heavy atom. The van der Waals surface area contributed by atoms with Gasteiger partial charge >= 0.3 is 0 Å². The highest BCUT2D eigenvalue weighted by atomic mass is 32.2. The van der Waals surface area contributed by atoms with E-state index in [-0.39, 0.29) is 17.6 Å². The van der Waals surface area contributed by atoms with Gasteiger partial charge in [-0.2, -0.15) is 0 Å². The number of nitrogens with one attached hydrogen (secondary N) is 1. The number of carbonyl (C=O) groups excluding carboxylic acids is 2. The van der Waals surface area contributed by atoms with E-state index in [2.05, 4.69) is 55.3 Å². The molecule has 1 aliphatic heterocycles. The first-order chi connectivity index (χ1) is 13.9. The van der Waals surface area contributed by atoms with Crippen LogP contribution < -0.4 is 5.32 Å². The lowest BCUT2D eigenvalue weighted by Gasteiger charge is -2.35. The Kier molecular flexibility index (Phi) is 7.72. The first-order valence-corrected chi connectivity index (χ1v) is 12.2. The third-order valence-electron chi connectivity index (χ3n) is 5.09. The molecular weight excluding hydrogens is 402 g/mol. The first kappa shape index (κ1) is 21.8. The van der Waals surface area contributed by atoms with Crippen LogP contribution in [-0.2, 0) is 16.0 Å². The Labute approximate surface area is 181 Å². The summed E-state index contributed by atoms with van der Waals surface area (Å²) in [5.41, 5.74) is 3.20. The maximum atomic E-state index is 12.4. The van der Waals surface area contributed by atoms with E-state index in [0.717, 1.165) is 30.8 Å². The standard InChI is InChI=1S/C22H29N3O2S2/c1-4-17-5-7-18(8-6-17)19-12-29-22(23-19)24-20(26)13-28-14-21(27)25-10-15(2)9-16(3)11-25/h5-8,12,15-16H,4,9-11,13-14H2,1-3H3,(H,23,24,26)/t15-,16-/m0/s1. The van der Waals surface area contributed by atoms with Crippen molar-refractivity contribution in [1.29, 1.82) is 0 Å². The predicted molar refractivity (Wildman–Crippen MR) is 122 cm³/mol. The summed E-state index contributed by atoms with van der Waals surface area (Å²) in [5.74, 6) is 1.71. The van der Waals surface area contributed by atoms with Crippen molar-refractivity contribution >= 4 is 40.0 Å². The van der Waals surface area contributed by atoms with Crippen molar-refractivity contribution in [3.05, 3.63) is 35.2 Å². The van der Waals surface area contributed by atoms with Crippen molar-refractivity contribution in [2.24, 2.45) is 11.8 Å². The number of rotatable bonds is 7. The zero-order valence-electron chi connectivity index (χ0n) is 17.3. The number of aryl methyl sites for hydroxylation is 1. The topological polar surface area (TPSA) is 62.3 Å². The van der Waals surface area contributed by atoms with Crippen LogP contribution in [0.2, 0.25) is 0 Å². The summed E-state index contributed by atoms with van der Waals surface area (Å²) in [6, 6.07) is 8.32. The summed E-state index contributed by atoms with van der Waals surface area (Å²) in [5, 5.41) is 5.39. The molecular formula is C22H29N3O2S2. The number of nitrogens with zero attached hydrogens (tertiary/aromatic N) is 2. The summed E-state index contributed by atoms with van der Waals surface area (Å²) in [4.78, 5) is 31.1. The van der Waals surface area contributed by atoms with Crippen LogP contribution in [0.5, 0.6) is 0 Å². The average molecular weight is 432 g/mol. The lowest BCUT2D eigenvalue weighted by Crippen LogP contribution is -2.43. The number of likely N-dealkylation sites (tertiary alicyclic amines) is 1. The molecule has 0 bridgehead atoms. The van der Waals surface area contributed by atoms with Gasteiger partial charge in [-0.05, 0) is 30.2 Å². The zero-order valence-corrected chi connectivity index (χ0v) is 18.9. The summed E-state index contributed by atoms with van der Waals surface area (Å²) in [6.45, 7) is 8.17. The van der Waals surface area contributed by atoms with Gasteiger partial charge in [0.2, 0.25) is 11.8 Å². The molecule has 0 spiro atoms. The SMILES string of the molecule is CCc1ccc(-c2csc(NC(=O)CSCC(=O)N3C[C@@H](C)C[C@H](C)C3)n2)cc1. The fourth-order valence-electron chi connectivity index (χ4n) is 3.72. The highest BCUT2D eigenvalue weighted by Crippen LogP contribution is 2.25. The second-order valence-corrected chi connectivity index (χ2v) is 9.72. The number of anilines is 1. The number of benzene rings is 1. The molecule has 3 rings (SSSR count). The second kappa shape index (κ2) is 10.3. The lowest BCUT2D eigenvalue weighted by atomic mass is 9.92. The molecule has 0 unspecified atom stereocenters. The van der Waals surface area contributed by atoms with Gasteiger partial charge in [-0.25, -0.2) is 4.98 Å². The molecule has 1 N–H and O–H groups in total. The van der Waals surface area contributed by atoms with Crippen molar-refractivity contribution in [3.8, 4) is 11.3 Å². The van der Waals surface area contributed by atoms with Crippen molar-refractivity contribution in [2.75, 3.05) is 29.9 Å². The molecule has 1 aromatic heterocycles. The molecule has 1 fully saturated rings. The molecule has 1 aromatic carbocycles. The fourth-order valence-corrected chi connectivity index (χ4v) is 5.17. The third-order valence-corrected chi connectivity index (χ3v) is 6.76. The molecule has 2 aromatic rings. The molecule has 1 aliphatic rings. The monoisotopic (exact) mass is 431 g/mol. The number of aromatic nitrogens is 1. The quantitative estimate of drug-likeness (QED) is 0.699. The molecule has 1 saturated heterocycles. The van der Waals surface area contributed by atoms with Crippen LogP contribution >= 0.6 is 23.1 Å². The van der Waals surface area contributed by atoms with Crippen molar-refractivity contribution in [2.45, 2.75) is 33.6 Å². The number of thiazole rings is 1. The molecule has 7 heteroatoms. The van der Waals surface area contributed by atoms with E-state index in [0.29, 0.717) is 22.7 Å². The van der Waals surface area contributed by atoms with Gasteiger partial charge in [0.25, 0.3) is 0 Å². The van der Waals surface area contributed by atoms with Crippen LogP contribution in [0.3, 0.4) is 0 Å². The summed E-state index contributed by atoms with van der Waals surface area (Å²) >= 11 is 2.78. The number of hydrogen-bond acceptors (Lipinski definition) is 5. The van der Waals surface area contributed by atoms with Gasteiger partial charge in [0.05, 0.1) is 17.2 Å². The fraction of sp³-hybridized carbons (Fsp3) is 0.500. The minimum absolute atomic E-state index is 0.120. The van der Waals surface area contributed by atoms with E-state index in [1.165, 1.54) is 35.1 Å². The summed E-state index contributed by atoms with van der Waals surface area (Å²) < 4.78 is 0. The number of piperidine rings is 1. The van der Waals surface area contributed by atoms with E-state index < -0.39 is 0 Å². The summed E-state index contributed by atoms with van der Waals surface area (Å²) in [7, 11) is 0. The molecule has 0 aliphatic carbocycles. The van der Waals surface area contributed by atoms with Crippen LogP contribution in [0.25, 0.3) is 11.3 Å². The second-order valence-electron chi connectivity index (χ2n) is 7.87. The molecule has 2 amide bonds. The van der Waals surface area contributed by atoms with Gasteiger partial charge in [-0.1, -0.05) is 45.0 Å². The number of thioether (sulfide) groups is 1. The summed E-state index contributed by atoms with van der Waals surface area (Å²) in [6.07, 6.45) is 2.19. The Balaban J connectivity index is 1.44. The maximum Gasteiger partial charge on any atom is 0.236 e. The highest BCUT2D eigenvalue weighted by Gasteiger charge is 2.25. The van der Waals surface area contributed by atoms with Crippen LogP contribution in [-0.4, -0.2) is 46.3 Å². The van der Waals surface area contributed by atoms with Crippen LogP contribution in [0.4, 0.5) is 5.13 Å². The van der Waals surface area contributed by atoms with Crippen molar-refractivity contribution < 1.29 is 9.59 Å².